The molecule has 2 aromatic heterocycles. The number of aromatic amines is 1. The van der Waals surface area contributed by atoms with Crippen molar-refractivity contribution >= 4 is 16.9 Å². The minimum atomic E-state index is -0.155. The fraction of sp³-hybridized carbons (Fsp3) is 0.200. The van der Waals surface area contributed by atoms with Crippen LogP contribution in [-0.2, 0) is 0 Å². The van der Waals surface area contributed by atoms with Gasteiger partial charge >= 0.3 is 5.69 Å². The number of fused-ring (bicyclic) bond motifs is 1. The van der Waals surface area contributed by atoms with Gasteiger partial charge in [0.05, 0.1) is 22.9 Å². The second-order valence-electron chi connectivity index (χ2n) is 4.98. The molecule has 0 aliphatic carbocycles. The molecule has 0 aliphatic heterocycles. The van der Waals surface area contributed by atoms with Crippen molar-refractivity contribution in [2.24, 2.45) is 0 Å². The van der Waals surface area contributed by atoms with E-state index in [1.54, 1.807) is 10.8 Å². The number of benzene rings is 1. The lowest BCUT2D eigenvalue weighted by molar-refractivity contribution is 0.887. The van der Waals surface area contributed by atoms with E-state index in [0.717, 1.165) is 22.5 Å². The third kappa shape index (κ3) is 2.18. The minimum absolute atomic E-state index is 0.155. The number of imidazole rings is 1. The smallest absolute Gasteiger partial charge is 0.331 e. The monoisotopic (exact) mass is 268 g/mol. The number of anilines is 1. The number of nitrogens with one attached hydrogen (secondary N) is 2. The van der Waals surface area contributed by atoms with Crippen LogP contribution in [0.15, 0.2) is 47.4 Å². The molecule has 3 aromatic rings. The molecule has 0 amide bonds. The molecule has 0 saturated heterocycles. The van der Waals surface area contributed by atoms with Gasteiger partial charge in [0.1, 0.15) is 5.82 Å². The Labute approximate surface area is 116 Å². The molecule has 5 heteroatoms. The van der Waals surface area contributed by atoms with Crippen molar-refractivity contribution in [1.82, 2.24) is 14.5 Å². The van der Waals surface area contributed by atoms with E-state index in [-0.39, 0.29) is 5.69 Å². The zero-order chi connectivity index (χ0) is 14.1. The molecule has 0 saturated carbocycles. The number of para-hydroxylation sites is 2. The number of rotatable bonds is 3. The molecule has 0 unspecified atom stereocenters. The van der Waals surface area contributed by atoms with E-state index in [2.05, 4.69) is 29.1 Å². The van der Waals surface area contributed by atoms with Crippen LogP contribution < -0.4 is 11.0 Å². The van der Waals surface area contributed by atoms with Crippen LogP contribution in [0, 0.1) is 0 Å². The summed E-state index contributed by atoms with van der Waals surface area (Å²) >= 11 is 0. The fourth-order valence-electron chi connectivity index (χ4n) is 2.21. The highest BCUT2D eigenvalue weighted by molar-refractivity contribution is 5.77. The molecule has 2 N–H and O–H groups in total. The normalized spacial score (nSPS) is 11.2. The number of aromatic nitrogens is 3. The largest absolute Gasteiger partial charge is 0.368 e. The molecule has 0 radical (unpaired) electrons. The van der Waals surface area contributed by atoms with Gasteiger partial charge in [0.2, 0.25) is 0 Å². The highest BCUT2D eigenvalue weighted by Crippen LogP contribution is 2.15. The summed E-state index contributed by atoms with van der Waals surface area (Å²) in [7, 11) is 0. The molecule has 0 fully saturated rings. The molecule has 20 heavy (non-hydrogen) atoms. The first-order valence-corrected chi connectivity index (χ1v) is 6.58. The third-order valence-corrected chi connectivity index (χ3v) is 3.03. The minimum Gasteiger partial charge on any atom is -0.368 e. The lowest BCUT2D eigenvalue weighted by Gasteiger charge is -2.09. The standard InChI is InChI=1S/C15H16N4O/c1-10(2)17-14-8-7-11(9-16-14)19-13-6-4-3-5-12(13)18-15(19)20/h3-10H,1-2H3,(H,16,17)(H,18,20). The van der Waals surface area contributed by atoms with Crippen LogP contribution in [0.3, 0.4) is 0 Å². The Morgan fingerprint density at radius 2 is 2.00 bits per heavy atom. The Balaban J connectivity index is 2.07. The van der Waals surface area contributed by atoms with Crippen LogP contribution in [0.1, 0.15) is 13.8 Å². The highest BCUT2D eigenvalue weighted by atomic mass is 16.1. The molecule has 3 rings (SSSR count). The molecular weight excluding hydrogens is 252 g/mol. The molecule has 0 atom stereocenters. The first-order valence-electron chi connectivity index (χ1n) is 6.58. The van der Waals surface area contributed by atoms with Gasteiger partial charge in [0.25, 0.3) is 0 Å². The molecule has 0 spiro atoms. The molecule has 1 aromatic carbocycles. The van der Waals surface area contributed by atoms with E-state index in [1.165, 1.54) is 0 Å². The van der Waals surface area contributed by atoms with Gasteiger partial charge in [-0.2, -0.15) is 0 Å². The SMILES string of the molecule is CC(C)Nc1ccc(-n2c(=O)[nH]c3ccccc32)cn1. The van der Waals surface area contributed by atoms with Gasteiger partial charge in [-0.05, 0) is 38.1 Å². The first kappa shape index (κ1) is 12.5. The van der Waals surface area contributed by atoms with Gasteiger partial charge in [-0.3, -0.25) is 4.57 Å². The van der Waals surface area contributed by atoms with E-state index in [0.29, 0.717) is 6.04 Å². The van der Waals surface area contributed by atoms with Crippen molar-refractivity contribution in [1.29, 1.82) is 0 Å². The topological polar surface area (TPSA) is 62.7 Å². The summed E-state index contributed by atoms with van der Waals surface area (Å²) in [6.45, 7) is 4.11. The molecule has 5 nitrogen and oxygen atoms in total. The van der Waals surface area contributed by atoms with Crippen LogP contribution >= 0.6 is 0 Å². The maximum atomic E-state index is 12.1. The Morgan fingerprint density at radius 1 is 1.20 bits per heavy atom. The van der Waals surface area contributed by atoms with Crippen molar-refractivity contribution in [2.45, 2.75) is 19.9 Å². The van der Waals surface area contributed by atoms with Crippen LogP contribution in [0.25, 0.3) is 16.7 Å². The van der Waals surface area contributed by atoms with E-state index < -0.39 is 0 Å². The summed E-state index contributed by atoms with van der Waals surface area (Å²) in [4.78, 5) is 19.2. The van der Waals surface area contributed by atoms with Gasteiger partial charge in [0, 0.05) is 6.04 Å². The number of hydrogen-bond acceptors (Lipinski definition) is 3. The average Bonchev–Trinajstić information content (AvgIpc) is 2.75. The van der Waals surface area contributed by atoms with Crippen molar-refractivity contribution in [2.75, 3.05) is 5.32 Å². The van der Waals surface area contributed by atoms with Crippen molar-refractivity contribution in [3.05, 3.63) is 53.1 Å². The van der Waals surface area contributed by atoms with Gasteiger partial charge in [-0.25, -0.2) is 9.78 Å². The maximum Gasteiger partial charge on any atom is 0.331 e. The summed E-state index contributed by atoms with van der Waals surface area (Å²) in [6, 6.07) is 11.7. The Kier molecular flexibility index (Phi) is 3.02. The van der Waals surface area contributed by atoms with Crippen molar-refractivity contribution in [3.63, 3.8) is 0 Å². The second-order valence-corrected chi connectivity index (χ2v) is 4.98. The predicted octanol–water partition coefficient (Wildman–Crippen LogP) is 2.53. The zero-order valence-electron chi connectivity index (χ0n) is 11.4. The van der Waals surface area contributed by atoms with Crippen LogP contribution in [0.2, 0.25) is 0 Å². The van der Waals surface area contributed by atoms with Gasteiger partial charge in [-0.15, -0.1) is 0 Å². The summed E-state index contributed by atoms with van der Waals surface area (Å²) < 4.78 is 1.63. The number of hydrogen-bond donors (Lipinski definition) is 2. The lowest BCUT2D eigenvalue weighted by atomic mass is 10.3. The quantitative estimate of drug-likeness (QED) is 0.767. The summed E-state index contributed by atoms with van der Waals surface area (Å²) in [5, 5.41) is 3.22. The third-order valence-electron chi connectivity index (χ3n) is 3.03. The van der Waals surface area contributed by atoms with E-state index in [4.69, 9.17) is 0 Å². The molecular formula is C15H16N4O. The molecule has 0 aliphatic rings. The van der Waals surface area contributed by atoms with Crippen molar-refractivity contribution < 1.29 is 0 Å². The fourth-order valence-corrected chi connectivity index (χ4v) is 2.21. The van der Waals surface area contributed by atoms with Crippen molar-refractivity contribution in [3.8, 4) is 5.69 Å². The molecule has 2 heterocycles. The highest BCUT2D eigenvalue weighted by Gasteiger charge is 2.08. The summed E-state index contributed by atoms with van der Waals surface area (Å²) in [5.41, 5.74) is 2.27. The van der Waals surface area contributed by atoms with Gasteiger partial charge in [-0.1, -0.05) is 12.1 Å². The molecule has 102 valence electrons. The van der Waals surface area contributed by atoms with Crippen LogP contribution in [0.4, 0.5) is 5.82 Å². The maximum absolute atomic E-state index is 12.1. The zero-order valence-corrected chi connectivity index (χ0v) is 11.4. The van der Waals surface area contributed by atoms with Gasteiger partial charge in [0.15, 0.2) is 0 Å². The van der Waals surface area contributed by atoms with Crippen LogP contribution in [0.5, 0.6) is 0 Å². The Bertz CT molecular complexity index is 783. The van der Waals surface area contributed by atoms with Crippen LogP contribution in [-0.4, -0.2) is 20.6 Å². The molecule has 0 bridgehead atoms. The van der Waals surface area contributed by atoms with E-state index >= 15 is 0 Å². The summed E-state index contributed by atoms with van der Waals surface area (Å²) in [6.07, 6.45) is 1.70. The number of pyridine rings is 1. The summed E-state index contributed by atoms with van der Waals surface area (Å²) in [5.74, 6) is 0.802. The average molecular weight is 268 g/mol. The Morgan fingerprint density at radius 3 is 2.70 bits per heavy atom. The number of H-pyrrole nitrogens is 1. The van der Waals surface area contributed by atoms with Gasteiger partial charge < -0.3 is 10.3 Å². The lowest BCUT2D eigenvalue weighted by Crippen LogP contribution is -2.15. The van der Waals surface area contributed by atoms with E-state index in [1.807, 2.05) is 36.4 Å². The Hall–Kier alpha value is -2.56. The first-order chi connectivity index (χ1) is 9.65. The van der Waals surface area contributed by atoms with E-state index in [9.17, 15) is 4.79 Å². The second kappa shape index (κ2) is 4.85. The predicted molar refractivity (Wildman–Crippen MR) is 80.4 cm³/mol. The number of nitrogens with zero attached hydrogens (tertiary/aromatic N) is 2.